The van der Waals surface area contributed by atoms with Gasteiger partial charge in [0.15, 0.2) is 0 Å². The summed E-state index contributed by atoms with van der Waals surface area (Å²) in [5, 5.41) is 0. The fourth-order valence-corrected chi connectivity index (χ4v) is 3.05. The van der Waals surface area contributed by atoms with Crippen LogP contribution in [-0.4, -0.2) is 13.1 Å². The first-order valence-electron chi connectivity index (χ1n) is 7.95. The monoisotopic (exact) mass is 260 g/mol. The molecule has 0 aromatic heterocycles. The van der Waals surface area contributed by atoms with Gasteiger partial charge < -0.3 is 10.6 Å². The molecular weight excluding hydrogens is 232 g/mol. The molecule has 0 spiro atoms. The minimum Gasteiger partial charge on any atom is -0.397 e. The van der Waals surface area contributed by atoms with Gasteiger partial charge in [0, 0.05) is 13.1 Å². The number of hydrogen-bond acceptors (Lipinski definition) is 2. The van der Waals surface area contributed by atoms with Crippen molar-refractivity contribution < 1.29 is 0 Å². The Balaban J connectivity index is 1.69. The molecule has 0 saturated heterocycles. The molecule has 19 heavy (non-hydrogen) atoms. The summed E-state index contributed by atoms with van der Waals surface area (Å²) in [5.74, 6) is 0. The molecule has 1 aliphatic heterocycles. The molecule has 1 heterocycles. The van der Waals surface area contributed by atoms with E-state index in [2.05, 4.69) is 24.0 Å². The van der Waals surface area contributed by atoms with Crippen molar-refractivity contribution in [3.8, 4) is 0 Å². The number of hydrogen-bond donors (Lipinski definition) is 1. The third kappa shape index (κ3) is 3.89. The zero-order chi connectivity index (χ0) is 13.5. The molecule has 0 bridgehead atoms. The first kappa shape index (κ1) is 14.2. The van der Waals surface area contributed by atoms with Crippen molar-refractivity contribution in [2.75, 3.05) is 23.7 Å². The number of rotatable bonds is 8. The standard InChI is InChI=1S/C17H28N2/c1-2-3-4-5-6-7-8-13-19-14-12-15-10-9-11-16(18)17(15)19/h9-11H,2-8,12-14,18H2,1H3. The maximum atomic E-state index is 6.11. The summed E-state index contributed by atoms with van der Waals surface area (Å²) in [6.07, 6.45) is 10.8. The fraction of sp³-hybridized carbons (Fsp3) is 0.647. The molecule has 1 aromatic rings. The minimum absolute atomic E-state index is 0.956. The molecule has 106 valence electrons. The molecule has 0 aliphatic carbocycles. The molecular formula is C17H28N2. The van der Waals surface area contributed by atoms with E-state index in [1.54, 1.807) is 0 Å². The van der Waals surface area contributed by atoms with Crippen molar-refractivity contribution in [3.63, 3.8) is 0 Å². The van der Waals surface area contributed by atoms with Crippen LogP contribution < -0.4 is 10.6 Å². The number of fused-ring (bicyclic) bond motifs is 1. The maximum absolute atomic E-state index is 6.11. The highest BCUT2D eigenvalue weighted by Crippen LogP contribution is 2.33. The Morgan fingerprint density at radius 1 is 1.05 bits per heavy atom. The number of benzene rings is 1. The largest absolute Gasteiger partial charge is 0.397 e. The summed E-state index contributed by atoms with van der Waals surface area (Å²) in [7, 11) is 0. The van der Waals surface area contributed by atoms with Crippen LogP contribution in [0.15, 0.2) is 18.2 Å². The van der Waals surface area contributed by atoms with Gasteiger partial charge in [-0.3, -0.25) is 0 Å². The average molecular weight is 260 g/mol. The Bertz CT molecular complexity index is 387. The lowest BCUT2D eigenvalue weighted by Crippen LogP contribution is -2.22. The summed E-state index contributed by atoms with van der Waals surface area (Å²) < 4.78 is 0. The van der Waals surface area contributed by atoms with Crippen LogP contribution in [0, 0.1) is 0 Å². The van der Waals surface area contributed by atoms with Crippen molar-refractivity contribution in [2.24, 2.45) is 0 Å². The summed E-state index contributed by atoms with van der Waals surface area (Å²) in [5.41, 5.74) is 9.81. The molecule has 0 saturated carbocycles. The van der Waals surface area contributed by atoms with Gasteiger partial charge in [-0.15, -0.1) is 0 Å². The highest BCUT2D eigenvalue weighted by molar-refractivity contribution is 5.74. The lowest BCUT2D eigenvalue weighted by Gasteiger charge is -2.20. The summed E-state index contributed by atoms with van der Waals surface area (Å²) in [6.45, 7) is 4.60. The van der Waals surface area contributed by atoms with Crippen LogP contribution in [0.1, 0.15) is 57.4 Å². The van der Waals surface area contributed by atoms with Gasteiger partial charge in [0.1, 0.15) is 0 Å². The van der Waals surface area contributed by atoms with E-state index in [0.717, 1.165) is 18.7 Å². The van der Waals surface area contributed by atoms with Gasteiger partial charge in [0.25, 0.3) is 0 Å². The van der Waals surface area contributed by atoms with E-state index >= 15 is 0 Å². The topological polar surface area (TPSA) is 29.3 Å². The first-order valence-corrected chi connectivity index (χ1v) is 7.95. The third-order valence-corrected chi connectivity index (χ3v) is 4.15. The Labute approximate surface area is 118 Å². The number of unbranched alkanes of at least 4 members (excludes halogenated alkanes) is 6. The molecule has 0 atom stereocenters. The van der Waals surface area contributed by atoms with Crippen LogP contribution in [0.2, 0.25) is 0 Å². The molecule has 0 fully saturated rings. The van der Waals surface area contributed by atoms with Crippen molar-refractivity contribution >= 4 is 11.4 Å². The molecule has 0 amide bonds. The van der Waals surface area contributed by atoms with E-state index in [9.17, 15) is 0 Å². The minimum atomic E-state index is 0.956. The molecule has 2 rings (SSSR count). The Morgan fingerprint density at radius 2 is 1.79 bits per heavy atom. The van der Waals surface area contributed by atoms with Gasteiger partial charge in [-0.25, -0.2) is 0 Å². The highest BCUT2D eigenvalue weighted by atomic mass is 15.2. The van der Waals surface area contributed by atoms with E-state index in [4.69, 9.17) is 5.73 Å². The van der Waals surface area contributed by atoms with Gasteiger partial charge in [-0.05, 0) is 24.5 Å². The summed E-state index contributed by atoms with van der Waals surface area (Å²) in [4.78, 5) is 2.48. The summed E-state index contributed by atoms with van der Waals surface area (Å²) >= 11 is 0. The van der Waals surface area contributed by atoms with Crippen LogP contribution in [0.5, 0.6) is 0 Å². The Morgan fingerprint density at radius 3 is 2.58 bits per heavy atom. The maximum Gasteiger partial charge on any atom is 0.0633 e. The number of anilines is 2. The van der Waals surface area contributed by atoms with E-state index in [1.807, 2.05) is 6.07 Å². The van der Waals surface area contributed by atoms with E-state index in [1.165, 1.54) is 62.7 Å². The van der Waals surface area contributed by atoms with Crippen molar-refractivity contribution in [1.29, 1.82) is 0 Å². The summed E-state index contributed by atoms with van der Waals surface area (Å²) in [6, 6.07) is 6.32. The average Bonchev–Trinajstić information content (AvgIpc) is 2.82. The highest BCUT2D eigenvalue weighted by Gasteiger charge is 2.20. The second kappa shape index (κ2) is 7.42. The molecule has 1 aromatic carbocycles. The van der Waals surface area contributed by atoms with Crippen LogP contribution in [0.4, 0.5) is 11.4 Å². The smallest absolute Gasteiger partial charge is 0.0633 e. The normalized spacial score (nSPS) is 13.8. The predicted molar refractivity (Wildman–Crippen MR) is 84.8 cm³/mol. The first-order chi connectivity index (χ1) is 9.33. The molecule has 2 nitrogen and oxygen atoms in total. The zero-order valence-electron chi connectivity index (χ0n) is 12.3. The van der Waals surface area contributed by atoms with Gasteiger partial charge in [-0.2, -0.15) is 0 Å². The zero-order valence-corrected chi connectivity index (χ0v) is 12.3. The number of para-hydroxylation sites is 1. The van der Waals surface area contributed by atoms with Crippen LogP contribution >= 0.6 is 0 Å². The number of nitrogen functional groups attached to an aromatic ring is 1. The van der Waals surface area contributed by atoms with E-state index in [-0.39, 0.29) is 0 Å². The van der Waals surface area contributed by atoms with Gasteiger partial charge >= 0.3 is 0 Å². The lowest BCUT2D eigenvalue weighted by atomic mass is 10.1. The second-order valence-corrected chi connectivity index (χ2v) is 5.71. The number of nitrogens with two attached hydrogens (primary N) is 1. The third-order valence-electron chi connectivity index (χ3n) is 4.15. The van der Waals surface area contributed by atoms with Crippen LogP contribution in [0.3, 0.4) is 0 Å². The molecule has 2 N–H and O–H groups in total. The van der Waals surface area contributed by atoms with Crippen molar-refractivity contribution in [3.05, 3.63) is 23.8 Å². The molecule has 2 heteroatoms. The molecule has 1 aliphatic rings. The second-order valence-electron chi connectivity index (χ2n) is 5.71. The van der Waals surface area contributed by atoms with Gasteiger partial charge in [0.2, 0.25) is 0 Å². The fourth-order valence-electron chi connectivity index (χ4n) is 3.05. The molecule has 0 unspecified atom stereocenters. The van der Waals surface area contributed by atoms with E-state index < -0.39 is 0 Å². The lowest BCUT2D eigenvalue weighted by molar-refractivity contribution is 0.586. The SMILES string of the molecule is CCCCCCCCCN1CCc2cccc(N)c21. The van der Waals surface area contributed by atoms with Crippen LogP contribution in [0.25, 0.3) is 0 Å². The Hall–Kier alpha value is -1.18. The Kier molecular flexibility index (Phi) is 5.56. The van der Waals surface area contributed by atoms with Gasteiger partial charge in [-0.1, -0.05) is 57.6 Å². The quantitative estimate of drug-likeness (QED) is 0.555. The number of nitrogens with zero attached hydrogens (tertiary/aromatic N) is 1. The molecule has 0 radical (unpaired) electrons. The van der Waals surface area contributed by atoms with E-state index in [0.29, 0.717) is 0 Å². The predicted octanol–water partition coefficient (Wildman–Crippen LogP) is 4.38. The van der Waals surface area contributed by atoms with Crippen molar-refractivity contribution in [1.82, 2.24) is 0 Å². The van der Waals surface area contributed by atoms with Crippen LogP contribution in [-0.2, 0) is 6.42 Å². The van der Waals surface area contributed by atoms with Crippen molar-refractivity contribution in [2.45, 2.75) is 58.3 Å². The van der Waals surface area contributed by atoms with Gasteiger partial charge in [0.05, 0.1) is 11.4 Å².